The standard InChI is InChI=1S/C11H17N3O3/c1-12-9-7-14-8(6-10(9)17-3)11(15)13-4-5-16-2/h6-7,12H,4-5H2,1-3H3,(H,13,15). The van der Waals surface area contributed by atoms with Gasteiger partial charge in [0.1, 0.15) is 11.4 Å². The first kappa shape index (κ1) is 13.2. The molecule has 6 nitrogen and oxygen atoms in total. The molecule has 1 heterocycles. The van der Waals surface area contributed by atoms with E-state index in [1.54, 1.807) is 33.5 Å². The molecule has 0 fully saturated rings. The van der Waals surface area contributed by atoms with Gasteiger partial charge in [0.2, 0.25) is 0 Å². The fourth-order valence-electron chi connectivity index (χ4n) is 1.27. The summed E-state index contributed by atoms with van der Waals surface area (Å²) in [5, 5.41) is 5.61. The third kappa shape index (κ3) is 3.60. The number of hydrogen-bond acceptors (Lipinski definition) is 5. The summed E-state index contributed by atoms with van der Waals surface area (Å²) in [6, 6.07) is 1.59. The van der Waals surface area contributed by atoms with Crippen molar-refractivity contribution in [3.63, 3.8) is 0 Å². The van der Waals surface area contributed by atoms with E-state index in [2.05, 4.69) is 15.6 Å². The molecule has 0 radical (unpaired) electrons. The number of methoxy groups -OCH3 is 2. The lowest BCUT2D eigenvalue weighted by Gasteiger charge is -2.09. The van der Waals surface area contributed by atoms with Crippen molar-refractivity contribution in [2.24, 2.45) is 0 Å². The molecule has 2 N–H and O–H groups in total. The molecule has 0 aliphatic carbocycles. The third-order valence-electron chi connectivity index (χ3n) is 2.18. The van der Waals surface area contributed by atoms with Crippen LogP contribution < -0.4 is 15.4 Å². The maximum absolute atomic E-state index is 11.7. The average molecular weight is 239 g/mol. The molecule has 1 amide bonds. The van der Waals surface area contributed by atoms with Gasteiger partial charge in [-0.05, 0) is 0 Å². The minimum Gasteiger partial charge on any atom is -0.494 e. The molecule has 0 saturated carbocycles. The number of amides is 1. The third-order valence-corrected chi connectivity index (χ3v) is 2.18. The molecule has 17 heavy (non-hydrogen) atoms. The van der Waals surface area contributed by atoms with Gasteiger partial charge in [-0.1, -0.05) is 0 Å². The molecule has 0 aliphatic heterocycles. The summed E-state index contributed by atoms with van der Waals surface area (Å²) in [6.07, 6.45) is 1.56. The number of pyridine rings is 1. The van der Waals surface area contributed by atoms with E-state index in [0.717, 1.165) is 5.69 Å². The Hall–Kier alpha value is -1.82. The predicted octanol–water partition coefficient (Wildman–Crippen LogP) is 0.508. The van der Waals surface area contributed by atoms with Crippen LogP contribution in [0.25, 0.3) is 0 Å². The summed E-state index contributed by atoms with van der Waals surface area (Å²) in [5.74, 6) is 0.336. The van der Waals surface area contributed by atoms with Gasteiger partial charge in [-0.3, -0.25) is 4.79 Å². The lowest BCUT2D eigenvalue weighted by molar-refractivity contribution is 0.0932. The van der Waals surface area contributed by atoms with Gasteiger partial charge in [-0.25, -0.2) is 4.98 Å². The lowest BCUT2D eigenvalue weighted by Crippen LogP contribution is -2.27. The normalized spacial score (nSPS) is 9.82. The highest BCUT2D eigenvalue weighted by atomic mass is 16.5. The van der Waals surface area contributed by atoms with Crippen molar-refractivity contribution in [2.75, 3.05) is 39.7 Å². The van der Waals surface area contributed by atoms with Crippen molar-refractivity contribution in [1.29, 1.82) is 0 Å². The second kappa shape index (κ2) is 6.70. The summed E-state index contributed by atoms with van der Waals surface area (Å²) in [6.45, 7) is 0.921. The number of ether oxygens (including phenoxy) is 2. The molecular formula is C11H17N3O3. The quantitative estimate of drug-likeness (QED) is 0.708. The van der Waals surface area contributed by atoms with Crippen LogP contribution in [0, 0.1) is 0 Å². The minimum absolute atomic E-state index is 0.247. The van der Waals surface area contributed by atoms with Crippen LogP contribution in [0.1, 0.15) is 10.5 Å². The molecule has 0 aliphatic rings. The summed E-state index contributed by atoms with van der Waals surface area (Å²) in [4.78, 5) is 15.7. The molecule has 1 aromatic heterocycles. The van der Waals surface area contributed by atoms with Crippen LogP contribution in [-0.2, 0) is 4.74 Å². The van der Waals surface area contributed by atoms with Crippen LogP contribution in [0.5, 0.6) is 5.75 Å². The van der Waals surface area contributed by atoms with Crippen molar-refractivity contribution in [1.82, 2.24) is 10.3 Å². The van der Waals surface area contributed by atoms with E-state index in [0.29, 0.717) is 24.6 Å². The molecule has 0 atom stereocenters. The van der Waals surface area contributed by atoms with Gasteiger partial charge in [0.15, 0.2) is 0 Å². The molecule has 0 aromatic carbocycles. The molecular weight excluding hydrogens is 222 g/mol. The molecule has 1 rings (SSSR count). The first-order valence-corrected chi connectivity index (χ1v) is 5.21. The highest BCUT2D eigenvalue weighted by Gasteiger charge is 2.10. The lowest BCUT2D eigenvalue weighted by atomic mass is 10.3. The fourth-order valence-corrected chi connectivity index (χ4v) is 1.27. The molecule has 0 unspecified atom stereocenters. The largest absolute Gasteiger partial charge is 0.494 e. The molecule has 0 spiro atoms. The first-order valence-electron chi connectivity index (χ1n) is 5.21. The minimum atomic E-state index is -0.247. The number of carbonyl (C=O) groups excluding carboxylic acids is 1. The number of hydrogen-bond donors (Lipinski definition) is 2. The van der Waals surface area contributed by atoms with Crippen molar-refractivity contribution < 1.29 is 14.3 Å². The Bertz CT molecular complexity index is 382. The number of carbonyl (C=O) groups is 1. The van der Waals surface area contributed by atoms with Crippen LogP contribution in [-0.4, -0.2) is 45.3 Å². The van der Waals surface area contributed by atoms with Crippen LogP contribution in [0.15, 0.2) is 12.3 Å². The Morgan fingerprint density at radius 3 is 2.82 bits per heavy atom. The number of nitrogens with one attached hydrogen (secondary N) is 2. The van der Waals surface area contributed by atoms with Gasteiger partial charge < -0.3 is 20.1 Å². The number of rotatable bonds is 6. The van der Waals surface area contributed by atoms with Crippen molar-refractivity contribution in [3.8, 4) is 5.75 Å². The van der Waals surface area contributed by atoms with Gasteiger partial charge in [0, 0.05) is 26.8 Å². The van der Waals surface area contributed by atoms with Crippen molar-refractivity contribution in [3.05, 3.63) is 18.0 Å². The summed E-state index contributed by atoms with van der Waals surface area (Å²) in [7, 11) is 4.88. The Kier molecular flexibility index (Phi) is 5.22. The van der Waals surface area contributed by atoms with Crippen LogP contribution in [0.3, 0.4) is 0 Å². The van der Waals surface area contributed by atoms with E-state index < -0.39 is 0 Å². The van der Waals surface area contributed by atoms with Gasteiger partial charge >= 0.3 is 0 Å². The monoisotopic (exact) mass is 239 g/mol. The highest BCUT2D eigenvalue weighted by Crippen LogP contribution is 2.22. The van der Waals surface area contributed by atoms with Crippen LogP contribution >= 0.6 is 0 Å². The molecule has 1 aromatic rings. The molecule has 94 valence electrons. The smallest absolute Gasteiger partial charge is 0.270 e. The fraction of sp³-hybridized carbons (Fsp3) is 0.455. The maximum atomic E-state index is 11.7. The summed E-state index contributed by atoms with van der Waals surface area (Å²) < 4.78 is 9.99. The number of anilines is 1. The first-order chi connectivity index (χ1) is 8.22. The van der Waals surface area contributed by atoms with Gasteiger partial charge in [0.05, 0.1) is 25.6 Å². The summed E-state index contributed by atoms with van der Waals surface area (Å²) >= 11 is 0. The van der Waals surface area contributed by atoms with Crippen LogP contribution in [0.4, 0.5) is 5.69 Å². The zero-order valence-electron chi connectivity index (χ0n) is 10.2. The second-order valence-corrected chi connectivity index (χ2v) is 3.27. The predicted molar refractivity (Wildman–Crippen MR) is 64.5 cm³/mol. The Morgan fingerprint density at radius 1 is 1.47 bits per heavy atom. The van der Waals surface area contributed by atoms with Crippen molar-refractivity contribution >= 4 is 11.6 Å². The number of nitrogens with zero attached hydrogens (tertiary/aromatic N) is 1. The van der Waals surface area contributed by atoms with Gasteiger partial charge in [-0.2, -0.15) is 0 Å². The Labute approximate surface area is 100 Å². The Balaban J connectivity index is 2.74. The average Bonchev–Trinajstić information content (AvgIpc) is 2.38. The molecule has 6 heteroatoms. The zero-order chi connectivity index (χ0) is 12.7. The maximum Gasteiger partial charge on any atom is 0.270 e. The topological polar surface area (TPSA) is 72.5 Å². The van der Waals surface area contributed by atoms with Crippen LogP contribution in [0.2, 0.25) is 0 Å². The second-order valence-electron chi connectivity index (χ2n) is 3.27. The van der Waals surface area contributed by atoms with Gasteiger partial charge in [-0.15, -0.1) is 0 Å². The Morgan fingerprint density at radius 2 is 2.24 bits per heavy atom. The van der Waals surface area contributed by atoms with E-state index in [1.807, 2.05) is 0 Å². The van der Waals surface area contributed by atoms with Gasteiger partial charge in [0.25, 0.3) is 5.91 Å². The highest BCUT2D eigenvalue weighted by molar-refractivity contribution is 5.93. The van der Waals surface area contributed by atoms with E-state index in [-0.39, 0.29) is 5.91 Å². The molecule has 0 bridgehead atoms. The van der Waals surface area contributed by atoms with E-state index in [4.69, 9.17) is 9.47 Å². The van der Waals surface area contributed by atoms with E-state index >= 15 is 0 Å². The zero-order valence-corrected chi connectivity index (χ0v) is 10.2. The van der Waals surface area contributed by atoms with E-state index in [1.165, 1.54) is 0 Å². The SMILES string of the molecule is CNc1cnc(C(=O)NCCOC)cc1OC. The van der Waals surface area contributed by atoms with Crippen molar-refractivity contribution in [2.45, 2.75) is 0 Å². The number of aromatic nitrogens is 1. The van der Waals surface area contributed by atoms with E-state index in [9.17, 15) is 4.79 Å². The summed E-state index contributed by atoms with van der Waals surface area (Å²) in [5.41, 5.74) is 1.05. The molecule has 0 saturated heterocycles.